The van der Waals surface area contributed by atoms with E-state index in [1.807, 2.05) is 12.1 Å². The molecule has 0 aliphatic heterocycles. The predicted molar refractivity (Wildman–Crippen MR) is 113 cm³/mol. The first-order valence-corrected chi connectivity index (χ1v) is 11.2. The summed E-state index contributed by atoms with van der Waals surface area (Å²) in [6.07, 6.45) is 11.6. The molecule has 0 saturated heterocycles. The lowest BCUT2D eigenvalue weighted by atomic mass is 9.99. The van der Waals surface area contributed by atoms with Gasteiger partial charge in [-0.3, -0.25) is 19.3 Å². The first-order valence-electron chi connectivity index (χ1n) is 9.78. The van der Waals surface area contributed by atoms with Gasteiger partial charge in [-0.2, -0.15) is 18.6 Å². The average molecular weight is 425 g/mol. The maximum Gasteiger partial charge on any atom is 0.394 e. The van der Waals surface area contributed by atoms with Crippen molar-refractivity contribution in [3.8, 4) is 0 Å². The van der Waals surface area contributed by atoms with Gasteiger partial charge in [0.05, 0.1) is 5.69 Å². The number of hydrogen-bond acceptors (Lipinski definition) is 6. The number of carbonyl (C=O) groups is 1. The van der Waals surface area contributed by atoms with Crippen molar-refractivity contribution < 1.29 is 22.3 Å². The molecule has 0 unspecified atom stereocenters. The highest BCUT2D eigenvalue weighted by molar-refractivity contribution is 7.79. The highest BCUT2D eigenvalue weighted by atomic mass is 32.3. The number of nitrogens with zero attached hydrogens (tertiary/aromatic N) is 2. The lowest BCUT2D eigenvalue weighted by Gasteiger charge is -2.13. The second kappa shape index (κ2) is 11.6. The third-order valence-electron chi connectivity index (χ3n) is 4.67. The summed E-state index contributed by atoms with van der Waals surface area (Å²) in [5, 5.41) is 8.73. The molecule has 1 amide bonds. The van der Waals surface area contributed by atoms with Gasteiger partial charge in [-0.15, -0.1) is 0 Å². The fourth-order valence-corrected chi connectivity index (χ4v) is 3.18. The summed E-state index contributed by atoms with van der Waals surface area (Å²) >= 11 is 0. The van der Waals surface area contributed by atoms with E-state index in [1.54, 1.807) is 12.1 Å². The van der Waals surface area contributed by atoms with Crippen LogP contribution in [0.2, 0.25) is 0 Å². The van der Waals surface area contributed by atoms with Crippen LogP contribution in [0.15, 0.2) is 34.5 Å². The third-order valence-corrected chi connectivity index (χ3v) is 4.67. The molecule has 0 heterocycles. The second-order valence-corrected chi connectivity index (χ2v) is 7.95. The van der Waals surface area contributed by atoms with Crippen LogP contribution in [0, 0.1) is 0 Å². The first-order chi connectivity index (χ1) is 13.8. The molecule has 2 saturated carbocycles. The Labute approximate surface area is 171 Å². The van der Waals surface area contributed by atoms with Crippen molar-refractivity contribution in [2.24, 2.45) is 10.2 Å². The molecule has 0 bridgehead atoms. The molecular weight excluding hydrogens is 396 g/mol. The van der Waals surface area contributed by atoms with E-state index in [0.29, 0.717) is 5.56 Å². The highest BCUT2D eigenvalue weighted by Crippen LogP contribution is 2.16. The molecule has 160 valence electrons. The van der Waals surface area contributed by atoms with Gasteiger partial charge in [-0.1, -0.05) is 12.8 Å². The van der Waals surface area contributed by atoms with Gasteiger partial charge >= 0.3 is 10.4 Å². The molecule has 0 radical (unpaired) electrons. The van der Waals surface area contributed by atoms with E-state index in [1.165, 1.54) is 44.2 Å². The van der Waals surface area contributed by atoms with E-state index < -0.39 is 10.4 Å². The monoisotopic (exact) mass is 424 g/mol. The molecule has 4 N–H and O–H groups in total. The molecule has 10 heteroatoms. The molecule has 9 nitrogen and oxygen atoms in total. The summed E-state index contributed by atoms with van der Waals surface area (Å²) in [5.74, 6) is -0.154. The predicted octanol–water partition coefficient (Wildman–Crippen LogP) is 3.82. The van der Waals surface area contributed by atoms with E-state index in [2.05, 4.69) is 21.1 Å². The zero-order valence-corrected chi connectivity index (χ0v) is 17.1. The van der Waals surface area contributed by atoms with Gasteiger partial charge in [-0.25, -0.2) is 5.43 Å². The summed E-state index contributed by atoms with van der Waals surface area (Å²) in [7, 11) is -4.67. The van der Waals surface area contributed by atoms with Crippen molar-refractivity contribution in [2.45, 2.75) is 64.2 Å². The van der Waals surface area contributed by atoms with E-state index in [-0.39, 0.29) is 5.91 Å². The van der Waals surface area contributed by atoms with Crippen LogP contribution in [0.5, 0.6) is 0 Å². The summed E-state index contributed by atoms with van der Waals surface area (Å²) in [5.41, 5.74) is 9.64. The van der Waals surface area contributed by atoms with Gasteiger partial charge in [0, 0.05) is 17.0 Å². The Morgan fingerprint density at radius 2 is 1.24 bits per heavy atom. The molecule has 2 aliphatic carbocycles. The van der Waals surface area contributed by atoms with Crippen molar-refractivity contribution >= 4 is 33.4 Å². The Hall–Kier alpha value is -2.30. The molecule has 0 spiro atoms. The largest absolute Gasteiger partial charge is 0.394 e. The van der Waals surface area contributed by atoms with Crippen molar-refractivity contribution in [1.82, 2.24) is 5.43 Å². The van der Waals surface area contributed by atoms with Crippen LogP contribution in [-0.4, -0.2) is 34.9 Å². The number of hydrogen-bond donors (Lipinski definition) is 4. The van der Waals surface area contributed by atoms with Gasteiger partial charge in [0.2, 0.25) is 0 Å². The zero-order chi connectivity index (χ0) is 21.1. The van der Waals surface area contributed by atoms with Gasteiger partial charge < -0.3 is 0 Å². The molecular formula is C19H28N4O5S. The van der Waals surface area contributed by atoms with Gasteiger partial charge in [0.1, 0.15) is 0 Å². The molecule has 29 heavy (non-hydrogen) atoms. The smallest absolute Gasteiger partial charge is 0.279 e. The maximum atomic E-state index is 12.1. The molecule has 0 atom stereocenters. The standard InChI is InChI=1S/C19H26N4O.H2O4S/c24-19(23-22-17-9-5-2-6-10-17)15-11-13-18(14-12-15)21-20-16-7-3-1-4-8-16;1-5(2,3)4/h11-14,21H,1-10H2,(H,23,24);(H2,1,2,3,4). The van der Waals surface area contributed by atoms with Crippen LogP contribution in [0.4, 0.5) is 5.69 Å². The van der Waals surface area contributed by atoms with Crippen molar-refractivity contribution in [1.29, 1.82) is 0 Å². The summed E-state index contributed by atoms with van der Waals surface area (Å²) in [6, 6.07) is 7.38. The number of rotatable bonds is 4. The Bertz CT molecular complexity index is 811. The van der Waals surface area contributed by atoms with E-state index >= 15 is 0 Å². The number of nitrogens with one attached hydrogen (secondary N) is 2. The van der Waals surface area contributed by atoms with E-state index in [0.717, 1.165) is 37.1 Å². The molecule has 1 aromatic carbocycles. The zero-order valence-electron chi connectivity index (χ0n) is 16.3. The minimum Gasteiger partial charge on any atom is -0.279 e. The summed E-state index contributed by atoms with van der Waals surface area (Å²) in [4.78, 5) is 12.1. The Morgan fingerprint density at radius 1 is 0.793 bits per heavy atom. The van der Waals surface area contributed by atoms with E-state index in [4.69, 9.17) is 17.5 Å². The third kappa shape index (κ3) is 10.2. The van der Waals surface area contributed by atoms with Crippen LogP contribution in [0.1, 0.15) is 74.6 Å². The van der Waals surface area contributed by atoms with Gasteiger partial charge in [0.25, 0.3) is 5.91 Å². The van der Waals surface area contributed by atoms with Crippen LogP contribution < -0.4 is 10.9 Å². The topological polar surface area (TPSA) is 140 Å². The molecule has 2 aliphatic rings. The number of anilines is 1. The van der Waals surface area contributed by atoms with Crippen molar-refractivity contribution in [3.63, 3.8) is 0 Å². The molecule has 3 rings (SSSR count). The Balaban J connectivity index is 0.000000537. The van der Waals surface area contributed by atoms with Crippen molar-refractivity contribution in [3.05, 3.63) is 29.8 Å². The fraction of sp³-hybridized carbons (Fsp3) is 0.526. The van der Waals surface area contributed by atoms with Crippen LogP contribution >= 0.6 is 0 Å². The van der Waals surface area contributed by atoms with Crippen LogP contribution in [0.25, 0.3) is 0 Å². The Morgan fingerprint density at radius 3 is 1.72 bits per heavy atom. The lowest BCUT2D eigenvalue weighted by molar-refractivity contribution is 0.0954. The van der Waals surface area contributed by atoms with Crippen LogP contribution in [-0.2, 0) is 10.4 Å². The summed E-state index contributed by atoms with van der Waals surface area (Å²) in [6.45, 7) is 0. The number of hydrazone groups is 2. The fourth-order valence-electron chi connectivity index (χ4n) is 3.18. The number of carbonyl (C=O) groups excluding carboxylic acids is 1. The van der Waals surface area contributed by atoms with Gasteiger partial charge in [0.15, 0.2) is 0 Å². The van der Waals surface area contributed by atoms with Crippen LogP contribution in [0.3, 0.4) is 0 Å². The highest BCUT2D eigenvalue weighted by Gasteiger charge is 2.09. The number of benzene rings is 1. The second-order valence-electron chi connectivity index (χ2n) is 7.06. The quantitative estimate of drug-likeness (QED) is 0.428. The average Bonchev–Trinajstić information content (AvgIpc) is 2.71. The normalized spacial score (nSPS) is 16.9. The molecule has 0 aromatic heterocycles. The van der Waals surface area contributed by atoms with Crippen molar-refractivity contribution in [2.75, 3.05) is 5.43 Å². The van der Waals surface area contributed by atoms with Gasteiger partial charge in [-0.05, 0) is 75.6 Å². The minimum atomic E-state index is -4.67. The lowest BCUT2D eigenvalue weighted by Crippen LogP contribution is -2.20. The maximum absolute atomic E-state index is 12.1. The Kier molecular flexibility index (Phi) is 9.23. The summed E-state index contributed by atoms with van der Waals surface area (Å²) < 4.78 is 31.6. The minimum absolute atomic E-state index is 0.154. The first kappa shape index (κ1) is 23.0. The molecule has 1 aromatic rings. The SMILES string of the molecule is O=C(NN=C1CCCCC1)c1ccc(NN=C2CCCCC2)cc1.O=S(=O)(O)O. The van der Waals surface area contributed by atoms with E-state index in [9.17, 15) is 4.79 Å². The molecule has 2 fully saturated rings. The number of amides is 1.